The van der Waals surface area contributed by atoms with Crippen molar-refractivity contribution in [2.75, 3.05) is 95.0 Å². The molecule has 0 aliphatic carbocycles. The zero-order valence-corrected chi connectivity index (χ0v) is 50.5. The van der Waals surface area contributed by atoms with Crippen LogP contribution >= 0.6 is 16.3 Å². The first-order valence-corrected chi connectivity index (χ1v) is 32.7. The number of phosphoric acid groups is 2. The van der Waals surface area contributed by atoms with Gasteiger partial charge < -0.3 is 37.7 Å². The minimum absolute atomic E-state index is 0.00617. The Morgan fingerprint density at radius 1 is 0.382 bits per heavy atom. The number of ether oxygens (including phenoxy) is 4. The lowest BCUT2D eigenvalue weighted by atomic mass is 10.0. The van der Waals surface area contributed by atoms with Crippen LogP contribution in [-0.2, 0) is 56.2 Å². The van der Waals surface area contributed by atoms with Gasteiger partial charge in [0.05, 0.1) is 42.3 Å². The van der Waals surface area contributed by atoms with Gasteiger partial charge in [-0.15, -0.1) is 0 Å². The summed E-state index contributed by atoms with van der Waals surface area (Å²) in [7, 11) is 2.78. The predicted octanol–water partition coefficient (Wildman–Crippen LogP) is 10.5. The number of phosphoric ester groups is 2. The van der Waals surface area contributed by atoms with Crippen molar-refractivity contribution in [1.29, 1.82) is 0 Å². The third-order valence-electron chi connectivity index (χ3n) is 13.4. The van der Waals surface area contributed by atoms with E-state index in [0.717, 1.165) is 89.9 Å². The largest absolute Gasteiger partial charge is 0.606 e. The summed E-state index contributed by atoms with van der Waals surface area (Å²) in [5.41, 5.74) is 0. The molecular weight excluding hydrogens is 1020 g/mol. The van der Waals surface area contributed by atoms with Crippen LogP contribution in [0, 0.1) is 0 Å². The van der Waals surface area contributed by atoms with Gasteiger partial charge >= 0.3 is 40.2 Å². The van der Waals surface area contributed by atoms with E-state index in [4.69, 9.17) is 37.0 Å². The lowest BCUT2D eigenvalue weighted by molar-refractivity contribution is -0.870. The standard InChI is InChI=1S/C56H108N2O16P2/c1-57(2,3)43-45-69-75(63,64)71-49-51-47-67-53(59)39-35-31-27-23-19-15-11-7-8-12-16-20-24-28-32-36-40-54(60)68-48-52(50-72-76(65,66)70-46-44-58(4,5)6)74-56(62)42-38-34-30-26-22-18-14-10-9-13-17-21-25-29-33-37-41-55(61)73-51/h51-52H,7-50H2,1-6H3/p+2/t51-,52-/m0/s1. The second-order valence-corrected chi connectivity index (χ2v) is 26.0. The normalized spacial score (nSPS) is 23.4. The number of carbonyl (C=O) groups excluding carboxylic acids is 4. The molecule has 0 spiro atoms. The van der Waals surface area contributed by atoms with Crippen LogP contribution in [0.4, 0.5) is 0 Å². The number of carbonyl (C=O) groups is 4. The van der Waals surface area contributed by atoms with Gasteiger partial charge in [0.25, 0.3) is 0 Å². The molecule has 2 N–H and O–H groups in total. The first-order valence-electron chi connectivity index (χ1n) is 29.7. The molecule has 1 heterocycles. The van der Waals surface area contributed by atoms with Crippen molar-refractivity contribution in [3.8, 4) is 0 Å². The molecule has 1 aliphatic rings. The summed E-state index contributed by atoms with van der Waals surface area (Å²) in [4.78, 5) is 96.6. The SMILES string of the molecule is C[N+](C)(C)CCO[P+]([O-])(O)OC[C@@H]1COC(=O)CCCCCCCCCCCCCCCCCCC(=O)OC[C@@H](CO[P+]([O-])(O)OCC[N+](C)(C)C)OC(=O)CCCCCCCCCCCCCCCCCCC(=O)O1. The highest BCUT2D eigenvalue weighted by Gasteiger charge is 2.33. The van der Waals surface area contributed by atoms with Crippen LogP contribution in [0.3, 0.4) is 0 Å². The summed E-state index contributed by atoms with van der Waals surface area (Å²) in [6, 6.07) is 0. The van der Waals surface area contributed by atoms with Gasteiger partial charge in [-0.3, -0.25) is 19.2 Å². The summed E-state index contributed by atoms with van der Waals surface area (Å²) in [6.45, 7) is -0.409. The van der Waals surface area contributed by atoms with Crippen molar-refractivity contribution in [1.82, 2.24) is 0 Å². The Hall–Kier alpha value is -1.66. The van der Waals surface area contributed by atoms with Crippen molar-refractivity contribution < 1.29 is 84.8 Å². The van der Waals surface area contributed by atoms with E-state index >= 15 is 0 Å². The van der Waals surface area contributed by atoms with Gasteiger partial charge in [-0.2, -0.15) is 27.9 Å². The summed E-state index contributed by atoms with van der Waals surface area (Å²) in [5, 5.41) is 0. The third kappa shape index (κ3) is 49.4. The fourth-order valence-electron chi connectivity index (χ4n) is 8.55. The molecule has 1 fully saturated rings. The fourth-order valence-corrected chi connectivity index (χ4v) is 10.0. The summed E-state index contributed by atoms with van der Waals surface area (Å²) >= 11 is 0. The van der Waals surface area contributed by atoms with Crippen LogP contribution < -0.4 is 9.79 Å². The molecule has 448 valence electrons. The molecule has 0 saturated carbocycles. The summed E-state index contributed by atoms with van der Waals surface area (Å²) in [5.74, 6) is -1.73. The molecule has 0 amide bonds. The monoisotopic (exact) mass is 1130 g/mol. The van der Waals surface area contributed by atoms with E-state index in [1.165, 1.54) is 89.9 Å². The van der Waals surface area contributed by atoms with Crippen molar-refractivity contribution in [2.45, 2.75) is 243 Å². The van der Waals surface area contributed by atoms with E-state index in [2.05, 4.69) is 0 Å². The van der Waals surface area contributed by atoms with E-state index in [1.807, 2.05) is 42.3 Å². The topological polar surface area (TPSA) is 229 Å². The Morgan fingerprint density at radius 2 is 0.592 bits per heavy atom. The number of cyclic esters (lactones) is 4. The molecule has 1 saturated heterocycles. The molecule has 0 aromatic carbocycles. The smallest absolute Gasteiger partial charge is 0.377 e. The van der Waals surface area contributed by atoms with Gasteiger partial charge in [-0.05, 0) is 25.7 Å². The van der Waals surface area contributed by atoms with Crippen LogP contribution in [0.5, 0.6) is 0 Å². The molecule has 18 nitrogen and oxygen atoms in total. The van der Waals surface area contributed by atoms with Crippen LogP contribution in [0.2, 0.25) is 0 Å². The highest BCUT2D eigenvalue weighted by atomic mass is 31.2. The van der Waals surface area contributed by atoms with Crippen LogP contribution in [-0.4, -0.2) is 150 Å². The molecule has 1 aliphatic heterocycles. The lowest BCUT2D eigenvalue weighted by Gasteiger charge is -2.26. The Labute approximate surface area is 461 Å². The highest BCUT2D eigenvalue weighted by molar-refractivity contribution is 7.53. The summed E-state index contributed by atoms with van der Waals surface area (Å²) in [6.07, 6.45) is 32.8. The quantitative estimate of drug-likeness (QED) is 0.0713. The Morgan fingerprint density at radius 3 is 0.816 bits per heavy atom. The predicted molar refractivity (Wildman–Crippen MR) is 296 cm³/mol. The van der Waals surface area contributed by atoms with E-state index in [-0.39, 0.29) is 52.1 Å². The number of rotatable bonds is 14. The third-order valence-corrected chi connectivity index (χ3v) is 15.3. The van der Waals surface area contributed by atoms with Crippen molar-refractivity contribution in [2.24, 2.45) is 0 Å². The van der Waals surface area contributed by atoms with Gasteiger partial charge in [0.15, 0.2) is 12.2 Å². The molecule has 2 unspecified atom stereocenters. The minimum atomic E-state index is -4.42. The summed E-state index contributed by atoms with van der Waals surface area (Å²) < 4.78 is 43.8. The second-order valence-electron chi connectivity index (χ2n) is 23.1. The molecule has 0 aromatic heterocycles. The van der Waals surface area contributed by atoms with Gasteiger partial charge in [0, 0.05) is 25.7 Å². The number of hydrogen-bond acceptors (Lipinski definition) is 16. The zero-order valence-electron chi connectivity index (χ0n) is 48.7. The van der Waals surface area contributed by atoms with Crippen molar-refractivity contribution >= 4 is 40.2 Å². The van der Waals surface area contributed by atoms with Crippen LogP contribution in [0.15, 0.2) is 0 Å². The Balaban J connectivity index is 2.63. The number of esters is 4. The number of hydrogen-bond donors (Lipinski definition) is 2. The molecule has 0 bridgehead atoms. The van der Waals surface area contributed by atoms with Crippen molar-refractivity contribution in [3.63, 3.8) is 0 Å². The fraction of sp³-hybridized carbons (Fsp3) is 0.929. The molecule has 20 heteroatoms. The van der Waals surface area contributed by atoms with Crippen LogP contribution in [0.25, 0.3) is 0 Å². The second kappa shape index (κ2) is 45.0. The Kier molecular flexibility index (Phi) is 42.9. The molecule has 4 atom stereocenters. The number of likely N-dealkylation sites (N-methyl/N-ethyl adjacent to an activating group) is 2. The molecule has 76 heavy (non-hydrogen) atoms. The van der Waals surface area contributed by atoms with E-state index in [9.17, 15) is 38.8 Å². The van der Waals surface area contributed by atoms with Gasteiger partial charge in [-0.25, -0.2) is 0 Å². The first kappa shape index (κ1) is 72.4. The molecule has 1 rings (SSSR count). The van der Waals surface area contributed by atoms with Gasteiger partial charge in [0.1, 0.15) is 52.7 Å². The highest BCUT2D eigenvalue weighted by Crippen LogP contribution is 2.48. The van der Waals surface area contributed by atoms with Gasteiger partial charge in [-0.1, -0.05) is 180 Å². The van der Waals surface area contributed by atoms with E-state index in [0.29, 0.717) is 47.7 Å². The molecular formula is C56H110N2O16P2+2. The average Bonchev–Trinajstić information content (AvgIpc) is 3.33. The number of nitrogens with zero attached hydrogens (tertiary/aromatic N) is 2. The zero-order chi connectivity index (χ0) is 56.2. The molecule has 0 aromatic rings. The van der Waals surface area contributed by atoms with Crippen molar-refractivity contribution in [3.05, 3.63) is 0 Å². The average molecular weight is 1130 g/mol. The maximum Gasteiger partial charge on any atom is 0.377 e. The van der Waals surface area contributed by atoms with E-state index in [1.54, 1.807) is 0 Å². The maximum atomic E-state index is 12.8. The van der Waals surface area contributed by atoms with Gasteiger partial charge in [0.2, 0.25) is 0 Å². The maximum absolute atomic E-state index is 12.8. The first-order chi connectivity index (χ1) is 36.1. The lowest BCUT2D eigenvalue weighted by Crippen LogP contribution is -2.38. The van der Waals surface area contributed by atoms with Crippen LogP contribution in [0.1, 0.15) is 231 Å². The minimum Gasteiger partial charge on any atom is -0.606 e. The number of quaternary nitrogens is 2. The van der Waals surface area contributed by atoms with E-state index < -0.39 is 65.6 Å². The molecule has 0 radical (unpaired) electrons. The Bertz CT molecular complexity index is 1360.